The predicted octanol–water partition coefficient (Wildman–Crippen LogP) is 5.74. The van der Waals surface area contributed by atoms with E-state index in [2.05, 4.69) is 43.3 Å². The summed E-state index contributed by atoms with van der Waals surface area (Å²) >= 11 is 6.34. The lowest BCUT2D eigenvalue weighted by atomic mass is 10.0. The van der Waals surface area contributed by atoms with Gasteiger partial charge in [0.15, 0.2) is 0 Å². The van der Waals surface area contributed by atoms with Gasteiger partial charge in [-0.05, 0) is 75.5 Å². The van der Waals surface area contributed by atoms with Crippen LogP contribution >= 0.6 is 11.6 Å². The van der Waals surface area contributed by atoms with Gasteiger partial charge in [-0.3, -0.25) is 4.72 Å². The third-order valence-corrected chi connectivity index (χ3v) is 13.7. The second-order valence-electron chi connectivity index (χ2n) is 11.4. The average molecular weight is 563 g/mol. The molecule has 0 saturated heterocycles. The van der Waals surface area contributed by atoms with Crippen molar-refractivity contribution in [1.29, 1.82) is 0 Å². The van der Waals surface area contributed by atoms with E-state index in [0.29, 0.717) is 12.2 Å². The SMILES string of the molecule is CC(C)(C)NS(=O)(=O)c1ccccc1NS(=O)(=O)CCC1=CCC(Cl)C=C1O[Si](C)(C)C(C)(C)C. The fraction of sp³-hybridized carbons (Fsp3) is 0.583. The minimum Gasteiger partial charge on any atom is -0.544 e. The van der Waals surface area contributed by atoms with E-state index in [0.717, 1.165) is 5.57 Å². The normalized spacial score (nSPS) is 18.0. The monoisotopic (exact) mass is 562 g/mol. The lowest BCUT2D eigenvalue weighted by molar-refractivity contribution is 0.386. The zero-order valence-corrected chi connectivity index (χ0v) is 25.3. The van der Waals surface area contributed by atoms with E-state index in [1.165, 1.54) is 12.1 Å². The Hall–Kier alpha value is -1.33. The standard InChI is InChI=1S/C24H39ClN2O5S2Si/c1-23(2,3)27-34(30,31)22-12-10-9-11-20(22)26-33(28,29)16-15-18-13-14-19(25)17-21(18)32-35(7,8)24(4,5)6/h9-13,17,19,26-27H,14-16H2,1-8H3. The molecule has 0 aliphatic heterocycles. The van der Waals surface area contributed by atoms with Crippen LogP contribution in [0, 0.1) is 0 Å². The molecule has 0 saturated carbocycles. The molecule has 1 aromatic rings. The molecule has 0 radical (unpaired) electrons. The van der Waals surface area contributed by atoms with Crippen LogP contribution in [0.15, 0.2) is 52.6 Å². The highest BCUT2D eigenvalue weighted by Gasteiger charge is 2.40. The van der Waals surface area contributed by atoms with Crippen LogP contribution in [0.25, 0.3) is 0 Å². The number of alkyl halides is 1. The second-order valence-corrected chi connectivity index (χ2v) is 20.2. The van der Waals surface area contributed by atoms with Gasteiger partial charge in [0.25, 0.3) is 0 Å². The minimum atomic E-state index is -3.93. The van der Waals surface area contributed by atoms with Crippen LogP contribution in [-0.4, -0.2) is 41.8 Å². The maximum atomic E-state index is 13.0. The number of rotatable bonds is 9. The maximum absolute atomic E-state index is 13.0. The van der Waals surface area contributed by atoms with Gasteiger partial charge in [0.2, 0.25) is 28.4 Å². The highest BCUT2D eigenvalue weighted by Crippen LogP contribution is 2.40. The predicted molar refractivity (Wildman–Crippen MR) is 147 cm³/mol. The highest BCUT2D eigenvalue weighted by molar-refractivity contribution is 7.93. The Morgan fingerprint density at radius 2 is 1.66 bits per heavy atom. The Kier molecular flexibility index (Phi) is 9.03. The van der Waals surface area contributed by atoms with Gasteiger partial charge in [-0.15, -0.1) is 11.6 Å². The van der Waals surface area contributed by atoms with Gasteiger partial charge in [-0.1, -0.05) is 39.0 Å². The van der Waals surface area contributed by atoms with Crippen LogP contribution in [0.2, 0.25) is 18.1 Å². The van der Waals surface area contributed by atoms with E-state index < -0.39 is 33.9 Å². The van der Waals surface area contributed by atoms with Crippen molar-refractivity contribution in [2.24, 2.45) is 0 Å². The third-order valence-electron chi connectivity index (χ3n) is 5.93. The van der Waals surface area contributed by atoms with Crippen molar-refractivity contribution >= 4 is 45.7 Å². The zero-order chi connectivity index (χ0) is 26.9. The summed E-state index contributed by atoms with van der Waals surface area (Å²) in [5.74, 6) is 0.417. The summed E-state index contributed by atoms with van der Waals surface area (Å²) in [5.41, 5.74) is 0.0919. The highest BCUT2D eigenvalue weighted by atomic mass is 35.5. The van der Waals surface area contributed by atoms with E-state index >= 15 is 0 Å². The average Bonchev–Trinajstić information content (AvgIpc) is 2.64. The molecule has 198 valence electrons. The zero-order valence-electron chi connectivity index (χ0n) is 21.9. The fourth-order valence-electron chi connectivity index (χ4n) is 3.15. The molecule has 2 rings (SSSR count). The van der Waals surface area contributed by atoms with Crippen LogP contribution in [0.4, 0.5) is 5.69 Å². The minimum absolute atomic E-state index is 0.0102. The molecule has 0 fully saturated rings. The number of benzene rings is 1. The number of hydrogen-bond donors (Lipinski definition) is 2. The van der Waals surface area contributed by atoms with Crippen LogP contribution < -0.4 is 9.44 Å². The molecule has 11 heteroatoms. The number of nitrogens with one attached hydrogen (secondary N) is 2. The van der Waals surface area contributed by atoms with Crippen molar-refractivity contribution in [1.82, 2.24) is 4.72 Å². The summed E-state index contributed by atoms with van der Waals surface area (Å²) in [5, 5.41) is -0.233. The van der Waals surface area contributed by atoms with Gasteiger partial charge < -0.3 is 4.43 Å². The van der Waals surface area contributed by atoms with Gasteiger partial charge in [0, 0.05) is 5.54 Å². The summed E-state index contributed by atoms with van der Waals surface area (Å²) in [6.07, 6.45) is 4.60. The molecule has 7 nitrogen and oxygen atoms in total. The smallest absolute Gasteiger partial charge is 0.250 e. The molecular weight excluding hydrogens is 524 g/mol. The Bertz CT molecular complexity index is 1200. The Morgan fingerprint density at radius 1 is 1.06 bits per heavy atom. The van der Waals surface area contributed by atoms with Crippen LogP contribution in [0.1, 0.15) is 54.4 Å². The maximum Gasteiger partial charge on any atom is 0.250 e. The van der Waals surface area contributed by atoms with Gasteiger partial charge in [0.1, 0.15) is 10.7 Å². The molecule has 0 bridgehead atoms. The van der Waals surface area contributed by atoms with E-state index in [4.69, 9.17) is 16.0 Å². The first-order chi connectivity index (χ1) is 15.7. The molecule has 1 aliphatic carbocycles. The quantitative estimate of drug-likeness (QED) is 0.295. The number of para-hydroxylation sites is 1. The summed E-state index contributed by atoms with van der Waals surface area (Å²) < 4.78 is 63.2. The van der Waals surface area contributed by atoms with Gasteiger partial charge >= 0.3 is 0 Å². The molecule has 35 heavy (non-hydrogen) atoms. The summed E-state index contributed by atoms with van der Waals surface area (Å²) in [6, 6.07) is 5.97. The largest absolute Gasteiger partial charge is 0.544 e. The van der Waals surface area contributed by atoms with Gasteiger partial charge in [0.05, 0.1) is 16.8 Å². The van der Waals surface area contributed by atoms with E-state index in [9.17, 15) is 16.8 Å². The summed E-state index contributed by atoms with van der Waals surface area (Å²) in [7, 11) is -9.94. The molecule has 2 N–H and O–H groups in total. The number of anilines is 1. The first-order valence-corrected chi connectivity index (χ1v) is 18.1. The number of allylic oxidation sites excluding steroid dienone is 3. The molecule has 1 aliphatic rings. The second kappa shape index (κ2) is 10.6. The first-order valence-electron chi connectivity index (χ1n) is 11.6. The Morgan fingerprint density at radius 3 is 2.23 bits per heavy atom. The van der Waals surface area contributed by atoms with E-state index in [1.807, 2.05) is 12.2 Å². The topological polar surface area (TPSA) is 102 Å². The number of sulfonamides is 2. The fourth-order valence-corrected chi connectivity index (χ4v) is 7.16. The van der Waals surface area contributed by atoms with Gasteiger partial charge in [-0.2, -0.15) is 0 Å². The number of halogens is 1. The van der Waals surface area contributed by atoms with Crippen LogP contribution in [0.3, 0.4) is 0 Å². The molecular formula is C24H39ClN2O5S2Si. The van der Waals surface area contributed by atoms with Crippen molar-refractivity contribution < 1.29 is 21.3 Å². The van der Waals surface area contributed by atoms with E-state index in [-0.39, 0.29) is 33.2 Å². The summed E-state index contributed by atoms with van der Waals surface area (Å²) in [4.78, 5) is -0.123. The third kappa shape index (κ3) is 8.63. The molecule has 0 amide bonds. The summed E-state index contributed by atoms with van der Waals surface area (Å²) in [6.45, 7) is 15.8. The van der Waals surface area contributed by atoms with Crippen LogP contribution in [-0.2, 0) is 24.5 Å². The van der Waals surface area contributed by atoms with Crippen molar-refractivity contribution in [2.75, 3.05) is 10.5 Å². The van der Waals surface area contributed by atoms with Crippen molar-refractivity contribution in [3.8, 4) is 0 Å². The van der Waals surface area contributed by atoms with Crippen molar-refractivity contribution in [2.45, 2.75) is 88.3 Å². The molecule has 0 spiro atoms. The first kappa shape index (κ1) is 29.9. The van der Waals surface area contributed by atoms with Crippen LogP contribution in [0.5, 0.6) is 0 Å². The van der Waals surface area contributed by atoms with Gasteiger partial charge in [-0.25, -0.2) is 21.6 Å². The lowest BCUT2D eigenvalue weighted by Gasteiger charge is -2.38. The molecule has 1 unspecified atom stereocenters. The molecule has 0 aromatic heterocycles. The molecule has 1 atom stereocenters. The Labute approximate surface area is 217 Å². The molecule has 1 aromatic carbocycles. The lowest BCUT2D eigenvalue weighted by Crippen LogP contribution is -2.41. The number of hydrogen-bond acceptors (Lipinski definition) is 5. The van der Waals surface area contributed by atoms with Crippen molar-refractivity contribution in [3.63, 3.8) is 0 Å². The Balaban J connectivity index is 2.22. The van der Waals surface area contributed by atoms with Crippen molar-refractivity contribution in [3.05, 3.63) is 47.7 Å². The van der Waals surface area contributed by atoms with E-state index in [1.54, 1.807) is 32.9 Å². The molecule has 0 heterocycles.